The van der Waals surface area contributed by atoms with E-state index in [1.54, 1.807) is 18.5 Å². The molecule has 156 valence electrons. The van der Waals surface area contributed by atoms with Crippen LogP contribution in [0.1, 0.15) is 6.92 Å². The predicted octanol–water partition coefficient (Wildman–Crippen LogP) is 4.88. The van der Waals surface area contributed by atoms with Crippen LogP contribution in [0.4, 0.5) is 5.69 Å². The maximum Gasteiger partial charge on any atom is 0.234 e. The van der Waals surface area contributed by atoms with Crippen LogP contribution in [-0.2, 0) is 11.3 Å². The van der Waals surface area contributed by atoms with Gasteiger partial charge in [-0.3, -0.25) is 9.78 Å². The summed E-state index contributed by atoms with van der Waals surface area (Å²) >= 11 is 1.35. The van der Waals surface area contributed by atoms with Crippen LogP contribution >= 0.6 is 11.8 Å². The number of ether oxygens (including phenoxy) is 1. The van der Waals surface area contributed by atoms with Gasteiger partial charge < -0.3 is 14.6 Å². The fraction of sp³-hybridized carbons (Fsp3) is 0.130. The first kappa shape index (κ1) is 20.6. The Morgan fingerprint density at radius 3 is 2.55 bits per heavy atom. The maximum absolute atomic E-state index is 12.5. The van der Waals surface area contributed by atoms with Crippen molar-refractivity contribution in [3.63, 3.8) is 0 Å². The number of para-hydroxylation sites is 1. The van der Waals surface area contributed by atoms with Gasteiger partial charge in [-0.05, 0) is 43.3 Å². The Morgan fingerprint density at radius 2 is 1.77 bits per heavy atom. The van der Waals surface area contributed by atoms with Crippen LogP contribution in [-0.4, -0.2) is 31.4 Å². The molecule has 0 saturated carbocycles. The molecule has 0 bridgehead atoms. The number of thioether (sulfide) groups is 1. The number of nitrogens with zero attached hydrogens (tertiary/aromatic N) is 4. The van der Waals surface area contributed by atoms with Crippen molar-refractivity contribution < 1.29 is 9.53 Å². The number of rotatable bonds is 8. The molecule has 0 unspecified atom stereocenters. The van der Waals surface area contributed by atoms with Crippen molar-refractivity contribution >= 4 is 23.4 Å². The summed E-state index contributed by atoms with van der Waals surface area (Å²) in [5.41, 5.74) is 1.62. The lowest BCUT2D eigenvalue weighted by Crippen LogP contribution is -2.14. The topological polar surface area (TPSA) is 81.9 Å². The number of benzene rings is 2. The van der Waals surface area contributed by atoms with E-state index in [4.69, 9.17) is 4.74 Å². The number of carbonyl (C=O) groups is 1. The highest BCUT2D eigenvalue weighted by molar-refractivity contribution is 7.99. The number of aromatic nitrogens is 4. The van der Waals surface area contributed by atoms with Gasteiger partial charge in [0.05, 0.1) is 5.75 Å². The van der Waals surface area contributed by atoms with Gasteiger partial charge in [0.2, 0.25) is 5.91 Å². The normalized spacial score (nSPS) is 10.6. The van der Waals surface area contributed by atoms with Crippen molar-refractivity contribution in [3.05, 3.63) is 79.1 Å². The minimum absolute atomic E-state index is 0.127. The van der Waals surface area contributed by atoms with E-state index in [0.29, 0.717) is 23.1 Å². The zero-order chi connectivity index (χ0) is 21.5. The molecular formula is C23H21N5O2S. The molecular weight excluding hydrogens is 410 g/mol. The minimum atomic E-state index is -0.127. The van der Waals surface area contributed by atoms with Gasteiger partial charge in [0.1, 0.15) is 11.5 Å². The molecule has 0 aliphatic heterocycles. The van der Waals surface area contributed by atoms with Gasteiger partial charge in [-0.2, -0.15) is 0 Å². The summed E-state index contributed by atoms with van der Waals surface area (Å²) in [6, 6.07) is 20.6. The molecule has 4 rings (SSSR count). The van der Waals surface area contributed by atoms with Crippen molar-refractivity contribution in [2.45, 2.75) is 18.6 Å². The Labute approximate surface area is 184 Å². The van der Waals surface area contributed by atoms with E-state index < -0.39 is 0 Å². The summed E-state index contributed by atoms with van der Waals surface area (Å²) in [6.07, 6.45) is 3.44. The number of nitrogens with one attached hydrogen (secondary N) is 1. The third kappa shape index (κ3) is 5.29. The molecule has 2 aromatic heterocycles. The van der Waals surface area contributed by atoms with Gasteiger partial charge in [-0.25, -0.2) is 0 Å². The Morgan fingerprint density at radius 1 is 1.00 bits per heavy atom. The molecule has 31 heavy (non-hydrogen) atoms. The molecule has 1 amide bonds. The average molecular weight is 432 g/mol. The summed E-state index contributed by atoms with van der Waals surface area (Å²) in [7, 11) is 0. The van der Waals surface area contributed by atoms with Crippen molar-refractivity contribution in [1.29, 1.82) is 0 Å². The van der Waals surface area contributed by atoms with Crippen molar-refractivity contribution in [3.8, 4) is 22.9 Å². The molecule has 1 N–H and O–H groups in total. The summed E-state index contributed by atoms with van der Waals surface area (Å²) < 4.78 is 7.81. The zero-order valence-electron chi connectivity index (χ0n) is 16.9. The second kappa shape index (κ2) is 9.90. The standard InChI is InChI=1S/C23H21N5O2S/c1-2-28-22(17-11-13-24-14-12-17)26-27-23(28)31-16-21(29)25-18-7-6-10-20(15-18)30-19-8-4-3-5-9-19/h3-15H,2,16H2,1H3,(H,25,29). The first-order chi connectivity index (χ1) is 15.2. The van der Waals surface area contributed by atoms with Crippen LogP contribution in [0.5, 0.6) is 11.5 Å². The second-order valence-corrected chi connectivity index (χ2v) is 7.51. The number of carbonyl (C=O) groups excluding carboxylic acids is 1. The van der Waals surface area contributed by atoms with E-state index in [1.165, 1.54) is 11.8 Å². The van der Waals surface area contributed by atoms with E-state index in [0.717, 1.165) is 17.1 Å². The smallest absolute Gasteiger partial charge is 0.234 e. The van der Waals surface area contributed by atoms with Crippen LogP contribution in [0.3, 0.4) is 0 Å². The largest absolute Gasteiger partial charge is 0.457 e. The predicted molar refractivity (Wildman–Crippen MR) is 121 cm³/mol. The summed E-state index contributed by atoms with van der Waals surface area (Å²) in [6.45, 7) is 2.73. The molecule has 2 aromatic carbocycles. The lowest BCUT2D eigenvalue weighted by atomic mass is 10.2. The zero-order valence-corrected chi connectivity index (χ0v) is 17.7. The Kier molecular flexibility index (Phi) is 6.59. The van der Waals surface area contributed by atoms with Gasteiger partial charge in [-0.1, -0.05) is 36.0 Å². The molecule has 7 nitrogen and oxygen atoms in total. The van der Waals surface area contributed by atoms with Crippen LogP contribution < -0.4 is 10.1 Å². The average Bonchev–Trinajstić information content (AvgIpc) is 3.22. The maximum atomic E-state index is 12.5. The number of hydrogen-bond donors (Lipinski definition) is 1. The first-order valence-corrected chi connectivity index (χ1v) is 10.8. The molecule has 8 heteroatoms. The van der Waals surface area contributed by atoms with Crippen LogP contribution in [0.15, 0.2) is 84.3 Å². The van der Waals surface area contributed by atoms with Crippen LogP contribution in [0.25, 0.3) is 11.4 Å². The molecule has 0 spiro atoms. The highest BCUT2D eigenvalue weighted by atomic mass is 32.2. The summed E-state index contributed by atoms with van der Waals surface area (Å²) in [5.74, 6) is 2.25. The fourth-order valence-corrected chi connectivity index (χ4v) is 3.79. The third-order valence-corrected chi connectivity index (χ3v) is 5.37. The highest BCUT2D eigenvalue weighted by Crippen LogP contribution is 2.25. The van der Waals surface area contributed by atoms with Crippen LogP contribution in [0.2, 0.25) is 0 Å². The van der Waals surface area contributed by atoms with Gasteiger partial charge in [0.25, 0.3) is 0 Å². The molecule has 0 atom stereocenters. The lowest BCUT2D eigenvalue weighted by molar-refractivity contribution is -0.113. The van der Waals surface area contributed by atoms with Gasteiger partial charge in [0, 0.05) is 36.3 Å². The van der Waals surface area contributed by atoms with Crippen molar-refractivity contribution in [2.24, 2.45) is 0 Å². The molecule has 0 saturated heterocycles. The Balaban J connectivity index is 1.38. The molecule has 0 aliphatic carbocycles. The molecule has 4 aromatic rings. The second-order valence-electron chi connectivity index (χ2n) is 6.57. The Bertz CT molecular complexity index is 1150. The van der Waals surface area contributed by atoms with Crippen LogP contribution in [0, 0.1) is 0 Å². The minimum Gasteiger partial charge on any atom is -0.457 e. The fourth-order valence-electron chi connectivity index (χ4n) is 2.98. The number of anilines is 1. The quantitative estimate of drug-likeness (QED) is 0.400. The van der Waals surface area contributed by atoms with E-state index in [2.05, 4.69) is 20.5 Å². The molecule has 0 radical (unpaired) electrons. The van der Waals surface area contributed by atoms with E-state index in [1.807, 2.05) is 72.2 Å². The third-order valence-electron chi connectivity index (χ3n) is 4.40. The highest BCUT2D eigenvalue weighted by Gasteiger charge is 2.14. The SMILES string of the molecule is CCn1c(SCC(=O)Nc2cccc(Oc3ccccc3)c2)nnc1-c1ccncc1. The van der Waals surface area contributed by atoms with Crippen molar-refractivity contribution in [1.82, 2.24) is 19.7 Å². The first-order valence-electron chi connectivity index (χ1n) is 9.82. The molecule has 0 fully saturated rings. The molecule has 2 heterocycles. The van der Waals surface area contributed by atoms with Gasteiger partial charge in [-0.15, -0.1) is 10.2 Å². The summed E-state index contributed by atoms with van der Waals surface area (Å²) in [4.78, 5) is 16.5. The summed E-state index contributed by atoms with van der Waals surface area (Å²) in [5, 5.41) is 12.2. The van der Waals surface area contributed by atoms with Gasteiger partial charge in [0.15, 0.2) is 11.0 Å². The number of hydrogen-bond acceptors (Lipinski definition) is 6. The van der Waals surface area contributed by atoms with E-state index in [9.17, 15) is 4.79 Å². The monoisotopic (exact) mass is 431 g/mol. The van der Waals surface area contributed by atoms with Gasteiger partial charge >= 0.3 is 0 Å². The Hall–Kier alpha value is -3.65. The van der Waals surface area contributed by atoms with Crippen molar-refractivity contribution in [2.75, 3.05) is 11.1 Å². The number of pyridine rings is 1. The van der Waals surface area contributed by atoms with E-state index in [-0.39, 0.29) is 11.7 Å². The number of amides is 1. The van der Waals surface area contributed by atoms with E-state index >= 15 is 0 Å². The lowest BCUT2D eigenvalue weighted by Gasteiger charge is -2.09. The molecule has 0 aliphatic rings.